The Morgan fingerprint density at radius 1 is 1.16 bits per heavy atom. The van der Waals surface area contributed by atoms with Crippen molar-refractivity contribution in [2.75, 3.05) is 26.2 Å². The first kappa shape index (κ1) is 21.8. The highest BCUT2D eigenvalue weighted by Gasteiger charge is 2.31. The number of carbonyl (C=O) groups is 1. The number of pyridine rings is 1. The summed E-state index contributed by atoms with van der Waals surface area (Å²) in [5, 5.41) is 0.495. The average molecular weight is 368 g/mol. The second kappa shape index (κ2) is 11.4. The van der Waals surface area contributed by atoms with E-state index in [4.69, 9.17) is 0 Å². The van der Waals surface area contributed by atoms with Crippen molar-refractivity contribution in [3.8, 4) is 0 Å². The van der Waals surface area contributed by atoms with Gasteiger partial charge in [0.15, 0.2) is 0 Å². The lowest BCUT2D eigenvalue weighted by Gasteiger charge is -2.36. The van der Waals surface area contributed by atoms with Crippen molar-refractivity contribution in [3.05, 3.63) is 23.9 Å². The maximum Gasteiger partial charge on any atom is 0.272 e. The molecule has 1 amide bonds. The van der Waals surface area contributed by atoms with Crippen molar-refractivity contribution in [1.82, 2.24) is 14.2 Å². The van der Waals surface area contributed by atoms with Crippen molar-refractivity contribution >= 4 is 16.9 Å². The second-order valence-corrected chi connectivity index (χ2v) is 7.16. The highest BCUT2D eigenvalue weighted by atomic mass is 32.2. The number of hydrogen-bond acceptors (Lipinski definition) is 3. The number of amides is 1. The van der Waals surface area contributed by atoms with E-state index in [0.717, 1.165) is 45.4 Å². The molecule has 0 spiro atoms. The highest BCUT2D eigenvalue weighted by molar-refractivity contribution is 7.82. The Kier molecular flexibility index (Phi) is 9.90. The third-order valence-electron chi connectivity index (χ3n) is 4.25. The third-order valence-corrected chi connectivity index (χ3v) is 5.60. The summed E-state index contributed by atoms with van der Waals surface area (Å²) < 4.78 is 14.4. The van der Waals surface area contributed by atoms with E-state index in [1.165, 1.54) is 0 Å². The normalized spacial score (nSPS) is 18.4. The molecule has 3 heterocycles. The minimum absolute atomic E-state index is 0.0404. The zero-order valence-electron chi connectivity index (χ0n) is 16.3. The molecule has 1 aromatic rings. The van der Waals surface area contributed by atoms with E-state index in [1.807, 2.05) is 36.9 Å². The van der Waals surface area contributed by atoms with E-state index in [0.29, 0.717) is 16.6 Å². The van der Waals surface area contributed by atoms with E-state index in [2.05, 4.69) is 11.9 Å². The Labute approximate surface area is 155 Å². The molecule has 1 atom stereocenters. The van der Waals surface area contributed by atoms with Gasteiger partial charge < -0.3 is 4.90 Å². The smallest absolute Gasteiger partial charge is 0.272 e. The summed E-state index contributed by atoms with van der Waals surface area (Å²) in [7, 11) is -1.24. The maximum atomic E-state index is 12.4. The maximum absolute atomic E-state index is 12.4. The zero-order chi connectivity index (χ0) is 18.8. The molecule has 2 fully saturated rings. The number of likely N-dealkylation sites (tertiary alicyclic amines) is 1. The molecule has 0 N–H and O–H groups in total. The van der Waals surface area contributed by atoms with Gasteiger partial charge in [0.05, 0.1) is 0 Å². The molecule has 0 aromatic carbocycles. The molecule has 3 rings (SSSR count). The van der Waals surface area contributed by atoms with Crippen molar-refractivity contribution in [3.63, 3.8) is 0 Å². The predicted molar refractivity (Wildman–Crippen MR) is 104 cm³/mol. The fourth-order valence-electron chi connectivity index (χ4n) is 2.76. The molecule has 6 heteroatoms. The van der Waals surface area contributed by atoms with Crippen LogP contribution in [0.4, 0.5) is 0 Å². The Morgan fingerprint density at radius 3 is 2.32 bits per heavy atom. The zero-order valence-corrected chi connectivity index (χ0v) is 17.1. The summed E-state index contributed by atoms with van der Waals surface area (Å²) in [6.07, 6.45) is 3.24. The van der Waals surface area contributed by atoms with Gasteiger partial charge in [0.25, 0.3) is 5.91 Å². The first-order valence-electron chi connectivity index (χ1n) is 9.62. The van der Waals surface area contributed by atoms with Crippen molar-refractivity contribution in [1.29, 1.82) is 0 Å². The molecular weight excluding hydrogens is 334 g/mol. The summed E-state index contributed by atoms with van der Waals surface area (Å²) >= 11 is 0. The number of rotatable bonds is 4. The monoisotopic (exact) mass is 367 g/mol. The average Bonchev–Trinajstić information content (AvgIpc) is 3.18. The molecule has 2 aliphatic heterocycles. The van der Waals surface area contributed by atoms with Gasteiger partial charge in [-0.05, 0) is 30.9 Å². The van der Waals surface area contributed by atoms with Gasteiger partial charge in [0, 0.05) is 26.2 Å². The third kappa shape index (κ3) is 5.61. The molecule has 25 heavy (non-hydrogen) atoms. The predicted octanol–water partition coefficient (Wildman–Crippen LogP) is 3.73. The molecule has 1 aromatic heterocycles. The van der Waals surface area contributed by atoms with Gasteiger partial charge in [-0.1, -0.05) is 47.1 Å². The van der Waals surface area contributed by atoms with Crippen molar-refractivity contribution in [2.24, 2.45) is 5.92 Å². The molecule has 0 radical (unpaired) electrons. The van der Waals surface area contributed by atoms with Gasteiger partial charge in [0.2, 0.25) is 0 Å². The summed E-state index contributed by atoms with van der Waals surface area (Å²) in [6, 6.07) is 5.24. The Hall–Kier alpha value is -1.27. The lowest BCUT2D eigenvalue weighted by Crippen LogP contribution is -2.47. The first-order valence-corrected chi connectivity index (χ1v) is 10.7. The number of carbonyl (C=O) groups excluding carboxylic acids is 1. The standard InChI is InChI=1S/C15H21N3O2S.2C2H6/c1-2-12-10-18(11-12)21(20)14-7-5-6-13(16-14)15(19)17-8-3-4-9-17;2*1-2/h5-7,12H,2-4,8-11H2,1H3;2*1-2H3. The molecule has 5 nitrogen and oxygen atoms in total. The molecule has 0 saturated carbocycles. The van der Waals surface area contributed by atoms with E-state index >= 15 is 0 Å². The summed E-state index contributed by atoms with van der Waals surface area (Å²) in [5.74, 6) is 0.602. The largest absolute Gasteiger partial charge is 0.337 e. The highest BCUT2D eigenvalue weighted by Crippen LogP contribution is 2.23. The molecule has 0 aliphatic carbocycles. The number of hydrogen-bond donors (Lipinski definition) is 0. The van der Waals surface area contributed by atoms with Crippen LogP contribution in [0.15, 0.2) is 23.2 Å². The van der Waals surface area contributed by atoms with Crippen molar-refractivity contribution in [2.45, 2.75) is 58.9 Å². The SMILES string of the molecule is CC.CC.CCC1CN(S(=O)c2cccc(C(=O)N3CCCC3)n2)C1. The Morgan fingerprint density at radius 2 is 1.76 bits per heavy atom. The topological polar surface area (TPSA) is 53.5 Å². The Bertz CT molecular complexity index is 553. The van der Waals surface area contributed by atoms with Gasteiger partial charge in [-0.3, -0.25) is 4.79 Å². The van der Waals surface area contributed by atoms with Crippen LogP contribution in [-0.2, 0) is 11.0 Å². The summed E-state index contributed by atoms with van der Waals surface area (Å²) in [6.45, 7) is 13.5. The number of aromatic nitrogens is 1. The molecule has 1 unspecified atom stereocenters. The van der Waals surface area contributed by atoms with Crippen LogP contribution in [-0.4, -0.2) is 50.5 Å². The van der Waals surface area contributed by atoms with E-state index in [1.54, 1.807) is 18.2 Å². The molecule has 2 saturated heterocycles. The fourth-order valence-corrected chi connectivity index (χ4v) is 4.09. The van der Waals surface area contributed by atoms with Crippen LogP contribution >= 0.6 is 0 Å². The second-order valence-electron chi connectivity index (χ2n) is 5.73. The molecule has 142 valence electrons. The minimum atomic E-state index is -1.24. The minimum Gasteiger partial charge on any atom is -0.337 e. The van der Waals surface area contributed by atoms with Gasteiger partial charge in [-0.2, -0.15) is 0 Å². The first-order chi connectivity index (χ1) is 12.2. The van der Waals surface area contributed by atoms with Crippen LogP contribution in [0.5, 0.6) is 0 Å². The number of nitrogens with zero attached hydrogens (tertiary/aromatic N) is 3. The van der Waals surface area contributed by atoms with Gasteiger partial charge >= 0.3 is 0 Å². The van der Waals surface area contributed by atoms with Crippen LogP contribution in [0.2, 0.25) is 0 Å². The Balaban J connectivity index is 0.000000730. The lowest BCUT2D eigenvalue weighted by molar-refractivity contribution is 0.0786. The van der Waals surface area contributed by atoms with E-state index in [9.17, 15) is 9.00 Å². The summed E-state index contributed by atoms with van der Waals surface area (Å²) in [4.78, 5) is 18.5. The van der Waals surface area contributed by atoms with Crippen LogP contribution in [0.3, 0.4) is 0 Å². The van der Waals surface area contributed by atoms with E-state index < -0.39 is 11.0 Å². The lowest BCUT2D eigenvalue weighted by atomic mass is 10.0. The summed E-state index contributed by atoms with van der Waals surface area (Å²) in [5.41, 5.74) is 0.412. The van der Waals surface area contributed by atoms with Gasteiger partial charge in [-0.25, -0.2) is 13.5 Å². The molecule has 2 aliphatic rings. The molecular formula is C19H33N3O2S. The fraction of sp³-hybridized carbons (Fsp3) is 0.684. The molecule has 0 bridgehead atoms. The van der Waals surface area contributed by atoms with Crippen molar-refractivity contribution < 1.29 is 9.00 Å². The van der Waals surface area contributed by atoms with Crippen LogP contribution in [0.1, 0.15) is 64.4 Å². The van der Waals surface area contributed by atoms with Crippen LogP contribution in [0.25, 0.3) is 0 Å². The quantitative estimate of drug-likeness (QED) is 0.815. The van der Waals surface area contributed by atoms with Gasteiger partial charge in [-0.15, -0.1) is 0 Å². The van der Waals surface area contributed by atoms with Crippen LogP contribution in [0, 0.1) is 5.92 Å². The van der Waals surface area contributed by atoms with E-state index in [-0.39, 0.29) is 5.91 Å². The van der Waals surface area contributed by atoms with Gasteiger partial charge in [0.1, 0.15) is 21.7 Å². The van der Waals surface area contributed by atoms with Crippen LogP contribution < -0.4 is 0 Å².